The van der Waals surface area contributed by atoms with Crippen molar-refractivity contribution in [1.29, 1.82) is 0 Å². The molecule has 1 aliphatic heterocycles. The van der Waals surface area contributed by atoms with Crippen molar-refractivity contribution < 1.29 is 18.8 Å². The van der Waals surface area contributed by atoms with Crippen molar-refractivity contribution in [3.63, 3.8) is 0 Å². The van der Waals surface area contributed by atoms with Crippen molar-refractivity contribution in [2.45, 2.75) is 32.7 Å². The highest BCUT2D eigenvalue weighted by atomic mass is 79.9. The molecule has 1 saturated carbocycles. The molecule has 0 radical (unpaired) electrons. The molecule has 1 heterocycles. The molecule has 8 heteroatoms. The molecule has 3 amide bonds. The summed E-state index contributed by atoms with van der Waals surface area (Å²) in [4.78, 5) is 39.5. The van der Waals surface area contributed by atoms with Gasteiger partial charge >= 0.3 is 0 Å². The van der Waals surface area contributed by atoms with Gasteiger partial charge in [0.2, 0.25) is 11.8 Å². The Morgan fingerprint density at radius 1 is 1.21 bits per heavy atom. The van der Waals surface area contributed by atoms with Crippen molar-refractivity contribution in [2.75, 3.05) is 4.90 Å². The van der Waals surface area contributed by atoms with E-state index in [9.17, 15) is 18.8 Å². The van der Waals surface area contributed by atoms with Gasteiger partial charge in [0.05, 0.1) is 18.7 Å². The monoisotopic (exact) mass is 511 g/mol. The van der Waals surface area contributed by atoms with Crippen LogP contribution in [-0.2, 0) is 20.9 Å². The third kappa shape index (κ3) is 4.90. The summed E-state index contributed by atoms with van der Waals surface area (Å²) >= 11 is 3.44. The first-order valence-corrected chi connectivity index (χ1v) is 11.4. The Morgan fingerprint density at radius 3 is 2.67 bits per heavy atom. The van der Waals surface area contributed by atoms with Crippen molar-refractivity contribution in [2.24, 2.45) is 5.92 Å². The van der Waals surface area contributed by atoms with E-state index in [1.807, 2.05) is 25.1 Å². The lowest BCUT2D eigenvalue weighted by molar-refractivity contribution is -0.128. The first-order valence-electron chi connectivity index (χ1n) is 10.6. The zero-order valence-corrected chi connectivity index (χ0v) is 19.7. The Labute approximate surface area is 199 Å². The molecular weight excluding hydrogens is 489 g/mol. The van der Waals surface area contributed by atoms with Crippen LogP contribution in [0.25, 0.3) is 10.6 Å². The van der Waals surface area contributed by atoms with E-state index in [0.717, 1.165) is 29.5 Å². The second-order valence-corrected chi connectivity index (χ2v) is 9.02. The van der Waals surface area contributed by atoms with E-state index < -0.39 is 11.7 Å². The number of carbonyl (C=O) groups is 3. The van der Waals surface area contributed by atoms with Gasteiger partial charge in [-0.2, -0.15) is 0 Å². The van der Waals surface area contributed by atoms with Crippen LogP contribution in [0, 0.1) is 18.7 Å². The van der Waals surface area contributed by atoms with Gasteiger partial charge in [-0.25, -0.2) is 4.39 Å². The molecule has 6 nitrogen and oxygen atoms in total. The zero-order chi connectivity index (χ0) is 23.7. The van der Waals surface area contributed by atoms with Gasteiger partial charge in [0.1, 0.15) is 5.82 Å². The molecule has 170 valence electrons. The van der Waals surface area contributed by atoms with E-state index in [1.165, 1.54) is 23.1 Å². The van der Waals surface area contributed by atoms with Gasteiger partial charge in [0.15, 0.2) is 0 Å². The van der Waals surface area contributed by atoms with Crippen LogP contribution in [0.4, 0.5) is 10.1 Å². The molecule has 2 aliphatic rings. The molecule has 0 saturated heterocycles. The SMILES string of the molecule is C=Cc1cc(CN2C(=O)CC(C(=O)NNC(=O)C3CC3)=C(Br)c3ccc(F)cc32)ccc1C. The van der Waals surface area contributed by atoms with Crippen LogP contribution in [0.3, 0.4) is 0 Å². The highest BCUT2D eigenvalue weighted by Gasteiger charge is 2.32. The van der Waals surface area contributed by atoms with Gasteiger partial charge in [0.25, 0.3) is 5.91 Å². The second kappa shape index (κ2) is 9.31. The third-order valence-corrected chi connectivity index (χ3v) is 6.71. The summed E-state index contributed by atoms with van der Waals surface area (Å²) in [6, 6.07) is 9.87. The third-order valence-electron chi connectivity index (χ3n) is 5.81. The minimum absolute atomic E-state index is 0.0763. The highest BCUT2D eigenvalue weighted by Crippen LogP contribution is 2.39. The maximum Gasteiger partial charge on any atom is 0.267 e. The molecule has 0 atom stereocenters. The predicted molar refractivity (Wildman–Crippen MR) is 128 cm³/mol. The van der Waals surface area contributed by atoms with E-state index in [-0.39, 0.29) is 36.3 Å². The number of rotatable bonds is 5. The first-order chi connectivity index (χ1) is 15.8. The lowest BCUT2D eigenvalue weighted by Gasteiger charge is -2.24. The summed E-state index contributed by atoms with van der Waals surface area (Å²) in [5, 5.41) is 0. The molecule has 0 aromatic heterocycles. The molecule has 1 fully saturated rings. The van der Waals surface area contributed by atoms with Gasteiger partial charge < -0.3 is 4.90 Å². The predicted octanol–water partition coefficient (Wildman–Crippen LogP) is 4.38. The standard InChI is InChI=1S/C25H23BrFN3O3/c1-3-16-10-15(5-4-14(16)2)13-30-21-11-18(27)8-9-19(21)23(26)20(12-22(30)31)25(33)29-28-24(32)17-6-7-17/h3-5,8-11,17H,1,6-7,12-13H2,2H3,(H,28,32)(H,29,33). The fourth-order valence-corrected chi connectivity index (χ4v) is 4.38. The Balaban J connectivity index is 1.66. The Hall–Kier alpha value is -3.26. The normalized spacial score (nSPS) is 15.6. The van der Waals surface area contributed by atoms with E-state index in [1.54, 1.807) is 6.08 Å². The number of benzene rings is 2. The van der Waals surface area contributed by atoms with Gasteiger partial charge in [0, 0.05) is 21.5 Å². The number of fused-ring (bicyclic) bond motifs is 1. The maximum atomic E-state index is 14.2. The average Bonchev–Trinajstić information content (AvgIpc) is 3.65. The molecule has 2 N–H and O–H groups in total. The number of anilines is 1. The maximum absolute atomic E-state index is 14.2. The molecule has 2 aromatic rings. The lowest BCUT2D eigenvalue weighted by atomic mass is 10.0. The molecule has 0 bridgehead atoms. The molecular formula is C25H23BrFN3O3. The number of hydrazine groups is 1. The quantitative estimate of drug-likeness (QED) is 0.584. The van der Waals surface area contributed by atoms with E-state index in [2.05, 4.69) is 33.4 Å². The van der Waals surface area contributed by atoms with E-state index in [4.69, 9.17) is 0 Å². The van der Waals surface area contributed by atoms with Crippen LogP contribution in [-0.4, -0.2) is 17.7 Å². The number of amides is 3. The van der Waals surface area contributed by atoms with Crippen molar-refractivity contribution in [3.05, 3.63) is 76.6 Å². The summed E-state index contributed by atoms with van der Waals surface area (Å²) in [6.45, 7) is 5.99. The second-order valence-electron chi connectivity index (χ2n) is 8.22. The van der Waals surface area contributed by atoms with Crippen LogP contribution in [0.1, 0.15) is 41.5 Å². The van der Waals surface area contributed by atoms with E-state index >= 15 is 0 Å². The van der Waals surface area contributed by atoms with Crippen LogP contribution in [0.5, 0.6) is 0 Å². The van der Waals surface area contributed by atoms with Crippen LogP contribution < -0.4 is 15.8 Å². The van der Waals surface area contributed by atoms with Crippen LogP contribution in [0.15, 0.2) is 48.6 Å². The number of nitrogens with zero attached hydrogens (tertiary/aromatic N) is 1. The van der Waals surface area contributed by atoms with Crippen molar-refractivity contribution >= 4 is 49.9 Å². The highest BCUT2D eigenvalue weighted by molar-refractivity contribution is 9.15. The number of nitrogens with one attached hydrogen (secondary N) is 2. The van der Waals surface area contributed by atoms with Crippen molar-refractivity contribution in [1.82, 2.24) is 10.9 Å². The fourth-order valence-electron chi connectivity index (χ4n) is 3.72. The summed E-state index contributed by atoms with van der Waals surface area (Å²) in [6.07, 6.45) is 3.12. The summed E-state index contributed by atoms with van der Waals surface area (Å²) in [5.41, 5.74) is 8.68. The Bertz CT molecular complexity index is 1200. The fraction of sp³-hybridized carbons (Fsp3) is 0.240. The average molecular weight is 512 g/mol. The molecule has 1 aliphatic carbocycles. The summed E-state index contributed by atoms with van der Waals surface area (Å²) in [7, 11) is 0. The largest absolute Gasteiger partial charge is 0.307 e. The first kappa shape index (κ1) is 22.9. The number of carbonyl (C=O) groups excluding carboxylic acids is 3. The molecule has 0 spiro atoms. The molecule has 33 heavy (non-hydrogen) atoms. The summed E-state index contributed by atoms with van der Waals surface area (Å²) < 4.78 is 14.6. The zero-order valence-electron chi connectivity index (χ0n) is 18.1. The number of aryl methyl sites for hydroxylation is 1. The Kier molecular flexibility index (Phi) is 6.47. The summed E-state index contributed by atoms with van der Waals surface area (Å²) in [5.74, 6) is -1.78. The van der Waals surface area contributed by atoms with Gasteiger partial charge in [-0.05, 0) is 76.7 Å². The lowest BCUT2D eigenvalue weighted by Crippen LogP contribution is -2.43. The number of hydrogen-bond acceptors (Lipinski definition) is 3. The smallest absolute Gasteiger partial charge is 0.267 e. The van der Waals surface area contributed by atoms with Gasteiger partial charge in [-0.1, -0.05) is 24.8 Å². The number of halogens is 2. The molecule has 0 unspecified atom stereocenters. The molecule has 2 aromatic carbocycles. The van der Waals surface area contributed by atoms with Crippen molar-refractivity contribution in [3.8, 4) is 0 Å². The Morgan fingerprint density at radius 2 is 1.97 bits per heavy atom. The van der Waals surface area contributed by atoms with Crippen LogP contribution in [0.2, 0.25) is 0 Å². The molecule has 4 rings (SSSR count). The minimum atomic E-state index is -0.592. The van der Waals surface area contributed by atoms with E-state index in [0.29, 0.717) is 15.7 Å². The van der Waals surface area contributed by atoms with Gasteiger partial charge in [-0.3, -0.25) is 25.2 Å². The number of hydrogen-bond donors (Lipinski definition) is 2. The van der Waals surface area contributed by atoms with Gasteiger partial charge in [-0.15, -0.1) is 0 Å². The minimum Gasteiger partial charge on any atom is -0.307 e. The topological polar surface area (TPSA) is 78.5 Å². The van der Waals surface area contributed by atoms with Crippen LogP contribution >= 0.6 is 15.9 Å².